The summed E-state index contributed by atoms with van der Waals surface area (Å²) >= 11 is 0. The number of ether oxygens (including phenoxy) is 2. The lowest BCUT2D eigenvalue weighted by molar-refractivity contribution is -0.274. The molecule has 1 N–H and O–H groups in total. The van der Waals surface area contributed by atoms with E-state index in [0.717, 1.165) is 17.0 Å². The molecule has 2 fully saturated rings. The fourth-order valence-corrected chi connectivity index (χ4v) is 3.73. The van der Waals surface area contributed by atoms with Gasteiger partial charge in [-0.25, -0.2) is 19.5 Å². The summed E-state index contributed by atoms with van der Waals surface area (Å²) < 4.78 is 46.1. The molecule has 4 amide bonds. The van der Waals surface area contributed by atoms with Crippen molar-refractivity contribution in [2.24, 2.45) is 0 Å². The minimum atomic E-state index is -4.85. The number of halogens is 3. The van der Waals surface area contributed by atoms with Gasteiger partial charge in [0, 0.05) is 12.7 Å². The standard InChI is InChI=1S/C22H21F3N4O5/c1-13(2)33-19(31)27-17-11-14(7-10-26-17)12-28-20(32)29(18(30)21(28)8-9-21)15-3-5-16(6-4-15)34-22(23,24)25/h3-7,10-11,13H,8-9,12H2,1-2H3,(H,26,27,31). The summed E-state index contributed by atoms with van der Waals surface area (Å²) in [6, 6.07) is 7.18. The zero-order valence-corrected chi connectivity index (χ0v) is 18.3. The second kappa shape index (κ2) is 8.50. The number of hydrogen-bond donors (Lipinski definition) is 1. The fraction of sp³-hybridized carbons (Fsp3) is 0.364. The zero-order chi connectivity index (χ0) is 24.7. The van der Waals surface area contributed by atoms with E-state index in [0.29, 0.717) is 18.4 Å². The van der Waals surface area contributed by atoms with Gasteiger partial charge in [0.25, 0.3) is 5.91 Å². The molecule has 1 aliphatic carbocycles. The normalized spacial score (nSPS) is 16.9. The third kappa shape index (κ3) is 4.75. The molecular formula is C22H21F3N4O5. The number of pyridine rings is 1. The Hall–Kier alpha value is -3.83. The SMILES string of the molecule is CC(C)OC(=O)Nc1cc(CN2C(=O)N(c3ccc(OC(F)(F)F)cc3)C(=O)C23CC3)ccn1. The maximum Gasteiger partial charge on any atom is 0.573 e. The number of nitrogens with zero attached hydrogens (tertiary/aromatic N) is 3. The number of carbonyl (C=O) groups is 3. The third-order valence-electron chi connectivity index (χ3n) is 5.33. The Kier molecular flexibility index (Phi) is 5.84. The lowest BCUT2D eigenvalue weighted by Crippen LogP contribution is -2.36. The number of amides is 4. The zero-order valence-electron chi connectivity index (χ0n) is 18.3. The van der Waals surface area contributed by atoms with E-state index in [4.69, 9.17) is 4.74 Å². The van der Waals surface area contributed by atoms with Crippen molar-refractivity contribution in [2.75, 3.05) is 10.2 Å². The molecule has 1 saturated carbocycles. The Bertz CT molecular complexity index is 1120. The number of benzene rings is 1. The van der Waals surface area contributed by atoms with E-state index in [1.54, 1.807) is 26.0 Å². The molecule has 9 nitrogen and oxygen atoms in total. The molecule has 1 spiro atoms. The molecule has 1 aliphatic heterocycles. The predicted molar refractivity (Wildman–Crippen MR) is 113 cm³/mol. The molecular weight excluding hydrogens is 457 g/mol. The lowest BCUT2D eigenvalue weighted by atomic mass is 10.2. The molecule has 2 aromatic rings. The number of aromatic nitrogens is 1. The molecule has 1 aromatic carbocycles. The number of alkyl halides is 3. The molecule has 2 aliphatic rings. The number of anilines is 2. The summed E-state index contributed by atoms with van der Waals surface area (Å²) in [4.78, 5) is 44.6. The van der Waals surface area contributed by atoms with Crippen molar-refractivity contribution < 1.29 is 37.0 Å². The fourth-order valence-electron chi connectivity index (χ4n) is 3.73. The summed E-state index contributed by atoms with van der Waals surface area (Å²) in [6.45, 7) is 3.49. The molecule has 0 radical (unpaired) electrons. The number of urea groups is 1. The van der Waals surface area contributed by atoms with Gasteiger partial charge in [-0.1, -0.05) is 0 Å². The molecule has 2 heterocycles. The first-order valence-electron chi connectivity index (χ1n) is 10.4. The maximum absolute atomic E-state index is 13.2. The van der Waals surface area contributed by atoms with Crippen molar-refractivity contribution in [3.8, 4) is 5.75 Å². The highest BCUT2D eigenvalue weighted by atomic mass is 19.4. The molecule has 0 unspecified atom stereocenters. The van der Waals surface area contributed by atoms with Crippen LogP contribution in [0, 0.1) is 0 Å². The van der Waals surface area contributed by atoms with Crippen LogP contribution in [-0.2, 0) is 16.1 Å². The van der Waals surface area contributed by atoms with Gasteiger partial charge in [-0.05, 0) is 68.7 Å². The second-order valence-corrected chi connectivity index (χ2v) is 8.21. The molecule has 180 valence electrons. The summed E-state index contributed by atoms with van der Waals surface area (Å²) in [7, 11) is 0. The first kappa shape index (κ1) is 23.3. The molecule has 1 aromatic heterocycles. The van der Waals surface area contributed by atoms with E-state index in [9.17, 15) is 27.6 Å². The van der Waals surface area contributed by atoms with Crippen LogP contribution in [0.3, 0.4) is 0 Å². The monoisotopic (exact) mass is 478 g/mol. The minimum absolute atomic E-state index is 0.0762. The number of rotatable bonds is 6. The van der Waals surface area contributed by atoms with Crippen LogP contribution in [0.4, 0.5) is 34.3 Å². The van der Waals surface area contributed by atoms with Crippen LogP contribution in [0.5, 0.6) is 5.75 Å². The van der Waals surface area contributed by atoms with Crippen LogP contribution in [-0.4, -0.2) is 45.9 Å². The predicted octanol–water partition coefficient (Wildman–Crippen LogP) is 4.44. The minimum Gasteiger partial charge on any atom is -0.447 e. The van der Waals surface area contributed by atoms with E-state index in [-0.39, 0.29) is 24.2 Å². The Morgan fingerprint density at radius 1 is 1.18 bits per heavy atom. The van der Waals surface area contributed by atoms with Gasteiger partial charge in [0.1, 0.15) is 17.1 Å². The average molecular weight is 478 g/mol. The average Bonchev–Trinajstić information content (AvgIpc) is 3.50. The highest BCUT2D eigenvalue weighted by molar-refractivity contribution is 6.24. The Morgan fingerprint density at radius 2 is 1.85 bits per heavy atom. The highest BCUT2D eigenvalue weighted by Crippen LogP contribution is 2.49. The molecule has 0 bridgehead atoms. The number of nitrogens with one attached hydrogen (secondary N) is 1. The summed E-state index contributed by atoms with van der Waals surface area (Å²) in [5.41, 5.74) is -0.226. The van der Waals surface area contributed by atoms with Gasteiger partial charge in [0.05, 0.1) is 11.8 Å². The van der Waals surface area contributed by atoms with Crippen LogP contribution in [0.1, 0.15) is 32.3 Å². The topological polar surface area (TPSA) is 101 Å². The van der Waals surface area contributed by atoms with Crippen LogP contribution >= 0.6 is 0 Å². The van der Waals surface area contributed by atoms with Crippen molar-refractivity contribution in [3.63, 3.8) is 0 Å². The Balaban J connectivity index is 1.51. The molecule has 0 atom stereocenters. The molecule has 4 rings (SSSR count). The van der Waals surface area contributed by atoms with Crippen molar-refractivity contribution in [1.29, 1.82) is 0 Å². The van der Waals surface area contributed by atoms with Crippen LogP contribution in [0.25, 0.3) is 0 Å². The quantitative estimate of drug-likeness (QED) is 0.616. The van der Waals surface area contributed by atoms with E-state index >= 15 is 0 Å². The van der Waals surface area contributed by atoms with E-state index < -0.39 is 35.7 Å². The molecule has 34 heavy (non-hydrogen) atoms. The van der Waals surface area contributed by atoms with E-state index in [1.165, 1.54) is 23.2 Å². The van der Waals surface area contributed by atoms with Crippen LogP contribution in [0.15, 0.2) is 42.6 Å². The van der Waals surface area contributed by atoms with E-state index in [2.05, 4.69) is 15.0 Å². The largest absolute Gasteiger partial charge is 0.573 e. The number of carbonyl (C=O) groups excluding carboxylic acids is 3. The summed E-state index contributed by atoms with van der Waals surface area (Å²) in [6.07, 6.45) is -3.43. The van der Waals surface area contributed by atoms with Gasteiger partial charge in [-0.2, -0.15) is 0 Å². The van der Waals surface area contributed by atoms with Gasteiger partial charge in [-0.3, -0.25) is 10.1 Å². The first-order valence-corrected chi connectivity index (χ1v) is 10.4. The van der Waals surface area contributed by atoms with Crippen LogP contribution < -0.4 is 15.0 Å². The van der Waals surface area contributed by atoms with E-state index in [1.807, 2.05) is 0 Å². The summed E-state index contributed by atoms with van der Waals surface area (Å²) in [5, 5.41) is 2.51. The molecule has 12 heteroatoms. The molecule has 1 saturated heterocycles. The van der Waals surface area contributed by atoms with Crippen molar-refractivity contribution in [2.45, 2.75) is 51.2 Å². The van der Waals surface area contributed by atoms with Gasteiger partial charge < -0.3 is 14.4 Å². The maximum atomic E-state index is 13.2. The van der Waals surface area contributed by atoms with Gasteiger partial charge in [0.15, 0.2) is 0 Å². The number of imide groups is 1. The third-order valence-corrected chi connectivity index (χ3v) is 5.33. The lowest BCUT2D eigenvalue weighted by Gasteiger charge is -2.21. The second-order valence-electron chi connectivity index (χ2n) is 8.21. The van der Waals surface area contributed by atoms with Crippen molar-refractivity contribution in [3.05, 3.63) is 48.2 Å². The van der Waals surface area contributed by atoms with Crippen molar-refractivity contribution in [1.82, 2.24) is 9.88 Å². The first-order chi connectivity index (χ1) is 16.0. The Labute approximate surface area is 192 Å². The smallest absolute Gasteiger partial charge is 0.447 e. The van der Waals surface area contributed by atoms with Gasteiger partial charge in [-0.15, -0.1) is 13.2 Å². The van der Waals surface area contributed by atoms with Crippen molar-refractivity contribution >= 4 is 29.5 Å². The Morgan fingerprint density at radius 3 is 2.44 bits per heavy atom. The highest BCUT2D eigenvalue weighted by Gasteiger charge is 2.65. The van der Waals surface area contributed by atoms with Gasteiger partial charge in [0.2, 0.25) is 0 Å². The summed E-state index contributed by atoms with van der Waals surface area (Å²) in [5.74, 6) is -0.667. The number of hydrogen-bond acceptors (Lipinski definition) is 6. The van der Waals surface area contributed by atoms with Gasteiger partial charge >= 0.3 is 18.5 Å². The van der Waals surface area contributed by atoms with Crippen LogP contribution in [0.2, 0.25) is 0 Å².